The van der Waals surface area contributed by atoms with E-state index in [1.165, 1.54) is 24.0 Å². The van der Waals surface area contributed by atoms with Gasteiger partial charge in [0.05, 0.1) is 25.2 Å². The summed E-state index contributed by atoms with van der Waals surface area (Å²) in [6.07, 6.45) is -1.48. The number of nitrogen functional groups attached to an aromatic ring is 1. The minimum atomic E-state index is -4.26. The summed E-state index contributed by atoms with van der Waals surface area (Å²) in [6.45, 7) is 4.32. The Morgan fingerprint density at radius 2 is 2.05 bits per heavy atom. The molecule has 4 N–H and O–H groups in total. The van der Waals surface area contributed by atoms with Crippen LogP contribution in [0.5, 0.6) is 5.75 Å². The number of carbonyl (C=O) groups excluding carboxylic acids is 1. The molecule has 1 aliphatic rings. The standard InChI is InChI=1S/C24H27Cl2N6O7P/c1-14(2)37-21(34)15(3)31-40(35,39-16-7-5-4-6-8-16)36-12-18-19(33)24(26,9-10-25)22(38-18)32-13-29-17-11-28-23(27)30-20(17)32/h4-8,11,13-15,18-19,22,33H,12H2,1-3H3,(H,31,35)(H2,27,28,30)/t15-,18+,19-,22+,24?,40?/m0/s1. The minimum Gasteiger partial charge on any atom is -0.462 e. The second kappa shape index (κ2) is 12.3. The van der Waals surface area contributed by atoms with Crippen molar-refractivity contribution in [2.75, 3.05) is 12.3 Å². The van der Waals surface area contributed by atoms with Gasteiger partial charge < -0.3 is 24.8 Å². The lowest BCUT2D eigenvalue weighted by atomic mass is 9.99. The molecule has 2 aromatic heterocycles. The van der Waals surface area contributed by atoms with E-state index in [-0.39, 0.29) is 17.3 Å². The van der Waals surface area contributed by atoms with Crippen molar-refractivity contribution >= 4 is 54.0 Å². The molecule has 4 rings (SSSR count). The Hall–Kier alpha value is -2.95. The first-order valence-corrected chi connectivity index (χ1v) is 14.3. The number of alkyl halides is 1. The quantitative estimate of drug-likeness (QED) is 0.132. The Kier molecular flexibility index (Phi) is 9.22. The van der Waals surface area contributed by atoms with Gasteiger partial charge in [0, 0.05) is 5.38 Å². The van der Waals surface area contributed by atoms with Crippen LogP contribution in [0.15, 0.2) is 42.9 Å². The minimum absolute atomic E-state index is 0.0218. The fraction of sp³-hybridized carbons (Fsp3) is 0.417. The number of halogens is 2. The third kappa shape index (κ3) is 6.50. The molecule has 16 heteroatoms. The number of fused-ring (bicyclic) bond motifs is 1. The molecule has 0 amide bonds. The third-order valence-corrected chi connectivity index (χ3v) is 7.95. The van der Waals surface area contributed by atoms with Crippen LogP contribution in [0.25, 0.3) is 11.2 Å². The maximum absolute atomic E-state index is 13.8. The lowest BCUT2D eigenvalue weighted by molar-refractivity contribution is -0.149. The predicted molar refractivity (Wildman–Crippen MR) is 146 cm³/mol. The monoisotopic (exact) mass is 612 g/mol. The fourth-order valence-corrected chi connectivity index (χ4v) is 5.93. The third-order valence-electron chi connectivity index (χ3n) is 5.71. The average Bonchev–Trinajstić information content (AvgIpc) is 3.41. The van der Waals surface area contributed by atoms with Crippen molar-refractivity contribution in [2.45, 2.75) is 56.2 Å². The summed E-state index contributed by atoms with van der Waals surface area (Å²) in [4.78, 5) is 22.9. The highest BCUT2D eigenvalue weighted by Crippen LogP contribution is 2.48. The van der Waals surface area contributed by atoms with Gasteiger partial charge in [-0.1, -0.05) is 35.7 Å². The van der Waals surface area contributed by atoms with Gasteiger partial charge in [0.25, 0.3) is 0 Å². The number of para-hydroxylation sites is 1. The van der Waals surface area contributed by atoms with Gasteiger partial charge in [-0.05, 0) is 44.5 Å². The molecule has 13 nitrogen and oxygen atoms in total. The van der Waals surface area contributed by atoms with E-state index in [1.807, 2.05) is 0 Å². The van der Waals surface area contributed by atoms with E-state index in [9.17, 15) is 14.5 Å². The molecule has 1 aromatic carbocycles. The number of hydrogen-bond acceptors (Lipinski definition) is 11. The molecule has 0 bridgehead atoms. The molecule has 6 atom stereocenters. The maximum Gasteiger partial charge on any atom is 0.459 e. The zero-order chi connectivity index (χ0) is 29.1. The number of hydrogen-bond donors (Lipinski definition) is 3. The van der Waals surface area contributed by atoms with E-state index in [2.05, 4.69) is 31.3 Å². The van der Waals surface area contributed by atoms with E-state index < -0.39 is 55.8 Å². The zero-order valence-corrected chi connectivity index (χ0v) is 24.0. The summed E-state index contributed by atoms with van der Waals surface area (Å²) in [5.74, 6) is 2.08. The number of aliphatic hydroxyl groups excluding tert-OH is 1. The Labute approximate surface area is 239 Å². The Morgan fingerprint density at radius 1 is 1.32 bits per heavy atom. The van der Waals surface area contributed by atoms with Crippen LogP contribution in [0.1, 0.15) is 27.0 Å². The highest BCUT2D eigenvalue weighted by atomic mass is 35.5. The maximum atomic E-state index is 13.8. The smallest absolute Gasteiger partial charge is 0.459 e. The summed E-state index contributed by atoms with van der Waals surface area (Å²) in [5.41, 5.74) is 6.39. The molecular formula is C24H27Cl2N6O7P. The number of nitrogens with one attached hydrogen (secondary N) is 1. The van der Waals surface area contributed by atoms with Crippen LogP contribution in [0.2, 0.25) is 0 Å². The molecule has 40 heavy (non-hydrogen) atoms. The summed E-state index contributed by atoms with van der Waals surface area (Å²) < 4.78 is 37.8. The number of rotatable bonds is 10. The number of nitrogens with zero attached hydrogens (tertiary/aromatic N) is 4. The van der Waals surface area contributed by atoms with Gasteiger partial charge in [-0.15, -0.1) is 0 Å². The van der Waals surface area contributed by atoms with Crippen LogP contribution in [0.3, 0.4) is 0 Å². The number of aromatic nitrogens is 4. The van der Waals surface area contributed by atoms with Crippen molar-refractivity contribution < 1.29 is 33.0 Å². The number of imidazole rings is 1. The molecular weight excluding hydrogens is 586 g/mol. The van der Waals surface area contributed by atoms with E-state index in [0.717, 1.165) is 0 Å². The molecule has 1 saturated heterocycles. The van der Waals surface area contributed by atoms with Crippen LogP contribution in [0.4, 0.5) is 5.95 Å². The summed E-state index contributed by atoms with van der Waals surface area (Å²) in [7, 11) is -4.26. The highest BCUT2D eigenvalue weighted by Gasteiger charge is 2.56. The first-order valence-electron chi connectivity index (χ1n) is 12.0. The number of benzene rings is 1. The van der Waals surface area contributed by atoms with E-state index >= 15 is 0 Å². The van der Waals surface area contributed by atoms with Crippen molar-refractivity contribution in [3.8, 4) is 17.0 Å². The van der Waals surface area contributed by atoms with Gasteiger partial charge in [0.2, 0.25) is 5.95 Å². The van der Waals surface area contributed by atoms with E-state index in [0.29, 0.717) is 5.52 Å². The molecule has 1 aliphatic heterocycles. The normalized spacial score (nSPS) is 24.7. The van der Waals surface area contributed by atoms with Gasteiger partial charge in [0.15, 0.2) is 16.7 Å². The zero-order valence-electron chi connectivity index (χ0n) is 21.6. The average molecular weight is 613 g/mol. The number of ether oxygens (including phenoxy) is 2. The van der Waals surface area contributed by atoms with Crippen LogP contribution in [-0.4, -0.2) is 66.4 Å². The van der Waals surface area contributed by atoms with Crippen molar-refractivity contribution in [3.63, 3.8) is 0 Å². The van der Waals surface area contributed by atoms with Crippen LogP contribution >= 0.6 is 30.9 Å². The molecule has 214 valence electrons. The number of carbonyl (C=O) groups is 1. The second-order valence-electron chi connectivity index (χ2n) is 9.08. The molecule has 0 saturated carbocycles. The SMILES string of the molecule is CC(C)OC(=O)[C@H](C)NP(=O)(OC[C@H]1O[C@@H](n2cnc3cnc(N)nc32)C(Cl)(C#CCl)[C@H]1O)Oc1ccccc1. The van der Waals surface area contributed by atoms with Crippen LogP contribution in [-0.2, 0) is 23.4 Å². The van der Waals surface area contributed by atoms with Crippen LogP contribution in [0, 0.1) is 11.3 Å². The van der Waals surface area contributed by atoms with Gasteiger partial charge in [-0.25, -0.2) is 14.5 Å². The summed E-state index contributed by atoms with van der Waals surface area (Å²) in [5, 5.41) is 15.9. The molecule has 2 unspecified atom stereocenters. The number of esters is 1. The Bertz CT molecular complexity index is 1470. The topological polar surface area (TPSA) is 173 Å². The number of nitrogens with two attached hydrogens (primary N) is 1. The van der Waals surface area contributed by atoms with Crippen LogP contribution < -0.4 is 15.3 Å². The van der Waals surface area contributed by atoms with E-state index in [1.54, 1.807) is 44.2 Å². The number of anilines is 1. The van der Waals surface area contributed by atoms with Gasteiger partial charge in [-0.3, -0.25) is 13.9 Å². The summed E-state index contributed by atoms with van der Waals surface area (Å²) in [6, 6.07) is 7.13. The largest absolute Gasteiger partial charge is 0.462 e. The Morgan fingerprint density at radius 3 is 2.73 bits per heavy atom. The van der Waals surface area contributed by atoms with Gasteiger partial charge in [-0.2, -0.15) is 10.1 Å². The van der Waals surface area contributed by atoms with Gasteiger partial charge >= 0.3 is 13.7 Å². The summed E-state index contributed by atoms with van der Waals surface area (Å²) >= 11 is 12.5. The van der Waals surface area contributed by atoms with E-state index in [4.69, 9.17) is 47.5 Å². The predicted octanol–water partition coefficient (Wildman–Crippen LogP) is 2.98. The Balaban J connectivity index is 1.59. The fourth-order valence-electron chi connectivity index (χ4n) is 3.88. The lowest BCUT2D eigenvalue weighted by Crippen LogP contribution is -2.42. The van der Waals surface area contributed by atoms with Gasteiger partial charge in [0.1, 0.15) is 29.5 Å². The molecule has 1 fully saturated rings. The lowest BCUT2D eigenvalue weighted by Gasteiger charge is -2.26. The number of aliphatic hydroxyl groups is 1. The van der Waals surface area contributed by atoms with Crippen molar-refractivity contribution in [3.05, 3.63) is 42.9 Å². The molecule has 0 aliphatic carbocycles. The second-order valence-corrected chi connectivity index (χ2v) is 11.6. The molecule has 0 spiro atoms. The highest BCUT2D eigenvalue weighted by molar-refractivity contribution is 7.52. The molecule has 0 radical (unpaired) electrons. The molecule has 3 aromatic rings. The van der Waals surface area contributed by atoms with Crippen molar-refractivity contribution in [1.29, 1.82) is 0 Å². The molecule has 3 heterocycles. The first-order chi connectivity index (χ1) is 19.0. The first kappa shape index (κ1) is 30.0. The van der Waals surface area contributed by atoms with Crippen molar-refractivity contribution in [1.82, 2.24) is 24.6 Å². The van der Waals surface area contributed by atoms with Crippen molar-refractivity contribution in [2.24, 2.45) is 0 Å².